The van der Waals surface area contributed by atoms with Gasteiger partial charge in [-0.15, -0.1) is 0 Å². The molecule has 1 heterocycles. The molecule has 0 unspecified atom stereocenters. The Balaban J connectivity index is 2.85. The molecule has 1 aliphatic heterocycles. The van der Waals surface area contributed by atoms with E-state index < -0.39 is 23.7 Å². The lowest BCUT2D eigenvalue weighted by Gasteiger charge is -2.30. The summed E-state index contributed by atoms with van der Waals surface area (Å²) in [6.45, 7) is 5.92. The molecule has 1 N–H and O–H groups in total. The van der Waals surface area contributed by atoms with Crippen molar-refractivity contribution in [3.05, 3.63) is 11.6 Å². The van der Waals surface area contributed by atoms with Gasteiger partial charge in [0.15, 0.2) is 0 Å². The van der Waals surface area contributed by atoms with Crippen LogP contribution in [0.25, 0.3) is 0 Å². The predicted molar refractivity (Wildman–Crippen MR) is 82.4 cm³/mol. The molecule has 0 aromatic heterocycles. The highest BCUT2D eigenvalue weighted by Gasteiger charge is 2.34. The van der Waals surface area contributed by atoms with Crippen LogP contribution in [-0.4, -0.2) is 54.0 Å². The fraction of sp³-hybridized carbons (Fsp3) is 0.750. The molecule has 6 heteroatoms. The number of aliphatic hydroxyl groups excluding tert-OH is 1. The van der Waals surface area contributed by atoms with Gasteiger partial charge in [0.1, 0.15) is 11.6 Å². The van der Waals surface area contributed by atoms with Gasteiger partial charge in [-0.3, -0.25) is 4.90 Å². The SMILES string of the molecule is COC(=O)[C@@H]1CC=C(CCCO)CCN1C(=O)OC(C)(C)C. The maximum atomic E-state index is 12.4. The van der Waals surface area contributed by atoms with Gasteiger partial charge in [-0.2, -0.15) is 0 Å². The van der Waals surface area contributed by atoms with Crippen molar-refractivity contribution in [3.63, 3.8) is 0 Å². The van der Waals surface area contributed by atoms with E-state index in [0.29, 0.717) is 25.8 Å². The summed E-state index contributed by atoms with van der Waals surface area (Å²) < 4.78 is 10.2. The largest absolute Gasteiger partial charge is 0.467 e. The normalized spacial score (nSPS) is 19.2. The molecule has 0 aromatic carbocycles. The van der Waals surface area contributed by atoms with Gasteiger partial charge in [0.25, 0.3) is 0 Å². The van der Waals surface area contributed by atoms with Crippen molar-refractivity contribution in [1.82, 2.24) is 4.90 Å². The first-order chi connectivity index (χ1) is 10.3. The molecule has 0 aromatic rings. The van der Waals surface area contributed by atoms with Crippen molar-refractivity contribution >= 4 is 12.1 Å². The lowest BCUT2D eigenvalue weighted by Crippen LogP contribution is -2.47. The summed E-state index contributed by atoms with van der Waals surface area (Å²) in [6, 6.07) is -0.661. The molecule has 0 saturated carbocycles. The van der Waals surface area contributed by atoms with Gasteiger partial charge in [-0.25, -0.2) is 9.59 Å². The first kappa shape index (κ1) is 18.5. The van der Waals surface area contributed by atoms with E-state index in [2.05, 4.69) is 0 Å². The average Bonchev–Trinajstić information content (AvgIpc) is 2.65. The summed E-state index contributed by atoms with van der Waals surface area (Å²) in [6.07, 6.45) is 4.01. The van der Waals surface area contributed by atoms with E-state index in [4.69, 9.17) is 14.6 Å². The van der Waals surface area contributed by atoms with Crippen LogP contribution >= 0.6 is 0 Å². The molecule has 1 amide bonds. The minimum absolute atomic E-state index is 0.132. The number of aliphatic hydroxyl groups is 1. The first-order valence-corrected chi connectivity index (χ1v) is 7.64. The third kappa shape index (κ3) is 5.67. The monoisotopic (exact) mass is 313 g/mol. The van der Waals surface area contributed by atoms with Crippen LogP contribution in [0.1, 0.15) is 46.5 Å². The molecular weight excluding hydrogens is 286 g/mol. The van der Waals surface area contributed by atoms with Gasteiger partial charge in [-0.1, -0.05) is 11.6 Å². The number of nitrogens with zero attached hydrogens (tertiary/aromatic N) is 1. The smallest absolute Gasteiger partial charge is 0.411 e. The summed E-state index contributed by atoms with van der Waals surface area (Å²) >= 11 is 0. The number of hydrogen-bond acceptors (Lipinski definition) is 5. The molecule has 126 valence electrons. The van der Waals surface area contributed by atoms with E-state index in [0.717, 1.165) is 12.0 Å². The molecular formula is C16H27NO5. The van der Waals surface area contributed by atoms with E-state index in [1.807, 2.05) is 6.08 Å². The third-order valence-electron chi connectivity index (χ3n) is 3.44. The molecule has 0 fully saturated rings. The predicted octanol–water partition coefficient (Wildman–Crippen LogP) is 2.26. The Morgan fingerprint density at radius 2 is 2.09 bits per heavy atom. The zero-order chi connectivity index (χ0) is 16.8. The number of esters is 1. The van der Waals surface area contributed by atoms with Crippen molar-refractivity contribution in [2.24, 2.45) is 0 Å². The summed E-state index contributed by atoms with van der Waals surface area (Å²) in [5.41, 5.74) is 0.533. The molecule has 6 nitrogen and oxygen atoms in total. The van der Waals surface area contributed by atoms with Gasteiger partial charge in [0, 0.05) is 13.2 Å². The molecule has 0 saturated heterocycles. The Hall–Kier alpha value is -1.56. The second-order valence-electron chi connectivity index (χ2n) is 6.39. The van der Waals surface area contributed by atoms with Crippen molar-refractivity contribution in [1.29, 1.82) is 0 Å². The average molecular weight is 313 g/mol. The molecule has 0 radical (unpaired) electrons. The van der Waals surface area contributed by atoms with Crippen molar-refractivity contribution in [2.75, 3.05) is 20.3 Å². The van der Waals surface area contributed by atoms with Gasteiger partial charge in [-0.05, 0) is 46.5 Å². The Morgan fingerprint density at radius 3 is 2.64 bits per heavy atom. The highest BCUT2D eigenvalue weighted by atomic mass is 16.6. The van der Waals surface area contributed by atoms with Gasteiger partial charge >= 0.3 is 12.1 Å². The lowest BCUT2D eigenvalue weighted by molar-refractivity contribution is -0.146. The van der Waals surface area contributed by atoms with E-state index in [-0.39, 0.29) is 6.61 Å². The second kappa shape index (κ2) is 8.17. The minimum atomic E-state index is -0.661. The summed E-state index contributed by atoms with van der Waals surface area (Å²) in [4.78, 5) is 25.8. The molecule has 0 bridgehead atoms. The van der Waals surface area contributed by atoms with Crippen molar-refractivity contribution in [2.45, 2.75) is 58.1 Å². The van der Waals surface area contributed by atoms with Crippen LogP contribution in [0.15, 0.2) is 11.6 Å². The Morgan fingerprint density at radius 1 is 1.41 bits per heavy atom. The van der Waals surface area contributed by atoms with E-state index >= 15 is 0 Å². The zero-order valence-electron chi connectivity index (χ0n) is 13.9. The second-order valence-corrected chi connectivity index (χ2v) is 6.39. The quantitative estimate of drug-likeness (QED) is 0.636. The zero-order valence-corrected chi connectivity index (χ0v) is 13.9. The fourth-order valence-electron chi connectivity index (χ4n) is 2.36. The van der Waals surface area contributed by atoms with Crippen molar-refractivity contribution < 1.29 is 24.2 Å². The van der Waals surface area contributed by atoms with Gasteiger partial charge < -0.3 is 14.6 Å². The van der Waals surface area contributed by atoms with E-state index in [9.17, 15) is 9.59 Å². The minimum Gasteiger partial charge on any atom is -0.467 e. The van der Waals surface area contributed by atoms with Crippen LogP contribution in [0.5, 0.6) is 0 Å². The molecule has 1 atom stereocenters. The lowest BCUT2D eigenvalue weighted by atomic mass is 10.1. The van der Waals surface area contributed by atoms with Crippen LogP contribution < -0.4 is 0 Å². The van der Waals surface area contributed by atoms with Crippen LogP contribution in [0, 0.1) is 0 Å². The summed E-state index contributed by atoms with van der Waals surface area (Å²) in [7, 11) is 1.32. The number of hydrogen-bond donors (Lipinski definition) is 1. The highest BCUT2D eigenvalue weighted by molar-refractivity contribution is 5.81. The molecule has 1 aliphatic rings. The number of amides is 1. The maximum absolute atomic E-state index is 12.4. The highest BCUT2D eigenvalue weighted by Crippen LogP contribution is 2.22. The fourth-order valence-corrected chi connectivity index (χ4v) is 2.36. The summed E-state index contributed by atoms with van der Waals surface area (Å²) in [5, 5.41) is 8.93. The third-order valence-corrected chi connectivity index (χ3v) is 3.44. The van der Waals surface area contributed by atoms with E-state index in [1.54, 1.807) is 20.8 Å². The van der Waals surface area contributed by atoms with E-state index in [1.165, 1.54) is 12.0 Å². The number of ether oxygens (including phenoxy) is 2. The standard InChI is InChI=1S/C16H27NO5/c1-16(2,3)22-15(20)17-10-9-12(6-5-11-18)7-8-13(17)14(19)21-4/h7,13,18H,5-6,8-11H2,1-4H3/t13-/m0/s1. The van der Waals surface area contributed by atoms with Crippen LogP contribution in [0.3, 0.4) is 0 Å². The van der Waals surface area contributed by atoms with Gasteiger partial charge in [0.05, 0.1) is 7.11 Å². The van der Waals surface area contributed by atoms with Crippen LogP contribution in [-0.2, 0) is 14.3 Å². The topological polar surface area (TPSA) is 76.1 Å². The number of carbonyl (C=O) groups is 2. The molecule has 1 rings (SSSR count). The van der Waals surface area contributed by atoms with Crippen molar-refractivity contribution in [3.8, 4) is 0 Å². The maximum Gasteiger partial charge on any atom is 0.411 e. The number of carbonyl (C=O) groups excluding carboxylic acids is 2. The molecule has 0 spiro atoms. The van der Waals surface area contributed by atoms with Crippen LogP contribution in [0.4, 0.5) is 4.79 Å². The first-order valence-electron chi connectivity index (χ1n) is 7.64. The van der Waals surface area contributed by atoms with Gasteiger partial charge in [0.2, 0.25) is 0 Å². The number of rotatable bonds is 4. The summed E-state index contributed by atoms with van der Waals surface area (Å²) in [5.74, 6) is -0.439. The Kier molecular flexibility index (Phi) is 6.87. The Labute approximate surface area is 132 Å². The number of methoxy groups -OCH3 is 1. The molecule has 22 heavy (non-hydrogen) atoms. The molecule has 0 aliphatic carbocycles. The van der Waals surface area contributed by atoms with Crippen LogP contribution in [0.2, 0.25) is 0 Å². The Bertz CT molecular complexity index is 425.